The molecule has 100 valence electrons. The van der Waals surface area contributed by atoms with E-state index in [9.17, 15) is 4.79 Å². The van der Waals surface area contributed by atoms with Crippen molar-refractivity contribution in [3.05, 3.63) is 35.5 Å². The third-order valence-electron chi connectivity index (χ3n) is 3.89. The van der Waals surface area contributed by atoms with Gasteiger partial charge >= 0.3 is 0 Å². The molecule has 0 aliphatic carbocycles. The molecule has 1 aromatic carbocycles. The fourth-order valence-electron chi connectivity index (χ4n) is 2.72. The standard InChI is InChI=1S/C15H19N3O/c1-10-3-4-13-11(7-10)8-14(17-13)15(19)18-6-5-12(9-18)16-2/h3-4,7-8,12,16-17H,5-6,9H2,1-2H3/t12-/m1/s1. The second-order valence-corrected chi connectivity index (χ2v) is 5.30. The molecular weight excluding hydrogens is 238 g/mol. The highest BCUT2D eigenvalue weighted by Gasteiger charge is 2.26. The number of nitrogens with one attached hydrogen (secondary N) is 2. The molecule has 1 fully saturated rings. The lowest BCUT2D eigenvalue weighted by molar-refractivity contribution is 0.0785. The van der Waals surface area contributed by atoms with Crippen molar-refractivity contribution in [2.45, 2.75) is 19.4 Å². The number of hydrogen-bond acceptors (Lipinski definition) is 2. The third-order valence-corrected chi connectivity index (χ3v) is 3.89. The maximum Gasteiger partial charge on any atom is 0.270 e. The molecule has 1 atom stereocenters. The van der Waals surface area contributed by atoms with E-state index in [0.717, 1.165) is 30.4 Å². The quantitative estimate of drug-likeness (QED) is 0.863. The maximum atomic E-state index is 12.4. The van der Waals surface area contributed by atoms with Crippen LogP contribution in [-0.4, -0.2) is 42.0 Å². The van der Waals surface area contributed by atoms with Crippen molar-refractivity contribution >= 4 is 16.8 Å². The van der Waals surface area contributed by atoms with Crippen molar-refractivity contribution in [2.24, 2.45) is 0 Å². The Hall–Kier alpha value is -1.81. The first-order chi connectivity index (χ1) is 9.17. The predicted molar refractivity (Wildman–Crippen MR) is 76.4 cm³/mol. The minimum Gasteiger partial charge on any atom is -0.351 e. The van der Waals surface area contributed by atoms with Gasteiger partial charge in [0.05, 0.1) is 0 Å². The van der Waals surface area contributed by atoms with Crippen LogP contribution in [-0.2, 0) is 0 Å². The number of benzene rings is 1. The van der Waals surface area contributed by atoms with E-state index in [2.05, 4.69) is 29.4 Å². The van der Waals surface area contributed by atoms with Crippen LogP contribution >= 0.6 is 0 Å². The maximum absolute atomic E-state index is 12.4. The van der Waals surface area contributed by atoms with Crippen molar-refractivity contribution in [3.8, 4) is 0 Å². The van der Waals surface area contributed by atoms with Crippen molar-refractivity contribution in [1.29, 1.82) is 0 Å². The molecule has 1 amide bonds. The Morgan fingerprint density at radius 2 is 2.26 bits per heavy atom. The van der Waals surface area contributed by atoms with E-state index in [4.69, 9.17) is 0 Å². The average Bonchev–Trinajstić information content (AvgIpc) is 3.03. The van der Waals surface area contributed by atoms with Gasteiger partial charge in [0.1, 0.15) is 5.69 Å². The van der Waals surface area contributed by atoms with Gasteiger partial charge in [0.2, 0.25) is 0 Å². The van der Waals surface area contributed by atoms with Gasteiger partial charge in [-0.05, 0) is 38.6 Å². The van der Waals surface area contributed by atoms with E-state index >= 15 is 0 Å². The van der Waals surface area contributed by atoms with Gasteiger partial charge in [-0.15, -0.1) is 0 Å². The lowest BCUT2D eigenvalue weighted by atomic mass is 10.2. The molecule has 0 spiro atoms. The Kier molecular flexibility index (Phi) is 3.03. The highest BCUT2D eigenvalue weighted by atomic mass is 16.2. The summed E-state index contributed by atoms with van der Waals surface area (Å²) in [6, 6.07) is 8.57. The van der Waals surface area contributed by atoms with Crippen LogP contribution in [0.25, 0.3) is 10.9 Å². The van der Waals surface area contributed by atoms with Crippen LogP contribution in [0.15, 0.2) is 24.3 Å². The first-order valence-electron chi connectivity index (χ1n) is 6.73. The smallest absolute Gasteiger partial charge is 0.270 e. The summed E-state index contributed by atoms with van der Waals surface area (Å²) >= 11 is 0. The summed E-state index contributed by atoms with van der Waals surface area (Å²) in [6.45, 7) is 3.69. The number of likely N-dealkylation sites (tertiary alicyclic amines) is 1. The molecule has 3 rings (SSSR count). The summed E-state index contributed by atoms with van der Waals surface area (Å²) in [5.74, 6) is 0.103. The van der Waals surface area contributed by atoms with Crippen molar-refractivity contribution in [3.63, 3.8) is 0 Å². The molecule has 4 heteroatoms. The minimum atomic E-state index is 0.103. The second-order valence-electron chi connectivity index (χ2n) is 5.30. The van der Waals surface area contributed by atoms with E-state index in [1.165, 1.54) is 5.56 Å². The Balaban J connectivity index is 1.86. The fourth-order valence-corrected chi connectivity index (χ4v) is 2.72. The summed E-state index contributed by atoms with van der Waals surface area (Å²) < 4.78 is 0. The van der Waals surface area contributed by atoms with Crippen LogP contribution < -0.4 is 5.32 Å². The van der Waals surface area contributed by atoms with Crippen LogP contribution in [0.4, 0.5) is 0 Å². The highest BCUT2D eigenvalue weighted by Crippen LogP contribution is 2.19. The van der Waals surface area contributed by atoms with Gasteiger partial charge in [-0.1, -0.05) is 11.6 Å². The Bertz CT molecular complexity index is 617. The highest BCUT2D eigenvalue weighted by molar-refractivity contribution is 5.98. The van der Waals surface area contributed by atoms with Crippen LogP contribution in [0.1, 0.15) is 22.5 Å². The van der Waals surface area contributed by atoms with Gasteiger partial charge in [-0.25, -0.2) is 0 Å². The zero-order chi connectivity index (χ0) is 13.4. The van der Waals surface area contributed by atoms with E-state index in [1.54, 1.807) is 0 Å². The molecule has 2 aromatic rings. The minimum absolute atomic E-state index is 0.103. The number of aromatic nitrogens is 1. The second kappa shape index (κ2) is 4.70. The van der Waals surface area contributed by atoms with Crippen molar-refractivity contribution in [2.75, 3.05) is 20.1 Å². The number of carbonyl (C=O) groups is 1. The first kappa shape index (κ1) is 12.2. The zero-order valence-electron chi connectivity index (χ0n) is 11.4. The number of H-pyrrole nitrogens is 1. The Morgan fingerprint density at radius 3 is 3.00 bits per heavy atom. The van der Waals surface area contributed by atoms with Crippen LogP contribution in [0.5, 0.6) is 0 Å². The van der Waals surface area contributed by atoms with Gasteiger partial charge < -0.3 is 15.2 Å². The number of aromatic amines is 1. The zero-order valence-corrected chi connectivity index (χ0v) is 11.4. The number of hydrogen-bond donors (Lipinski definition) is 2. The molecule has 0 unspecified atom stereocenters. The number of likely N-dealkylation sites (N-methyl/N-ethyl adjacent to an activating group) is 1. The molecule has 0 radical (unpaired) electrons. The van der Waals surface area contributed by atoms with Gasteiger partial charge in [0, 0.05) is 30.0 Å². The van der Waals surface area contributed by atoms with E-state index in [0.29, 0.717) is 11.7 Å². The molecule has 0 bridgehead atoms. The number of amides is 1. The van der Waals surface area contributed by atoms with E-state index in [-0.39, 0.29) is 5.91 Å². The first-order valence-corrected chi connectivity index (χ1v) is 6.73. The number of aryl methyl sites for hydroxylation is 1. The Morgan fingerprint density at radius 1 is 1.42 bits per heavy atom. The summed E-state index contributed by atoms with van der Waals surface area (Å²) in [4.78, 5) is 17.6. The van der Waals surface area contributed by atoms with Gasteiger partial charge in [-0.2, -0.15) is 0 Å². The van der Waals surface area contributed by atoms with Gasteiger partial charge in [0.25, 0.3) is 5.91 Å². The predicted octanol–water partition coefficient (Wildman–Crippen LogP) is 1.91. The normalized spacial score (nSPS) is 19.3. The number of fused-ring (bicyclic) bond motifs is 1. The fraction of sp³-hybridized carbons (Fsp3) is 0.400. The average molecular weight is 257 g/mol. The van der Waals surface area contributed by atoms with E-state index in [1.807, 2.05) is 24.1 Å². The number of rotatable bonds is 2. The molecule has 0 saturated carbocycles. The van der Waals surface area contributed by atoms with Crippen LogP contribution in [0.3, 0.4) is 0 Å². The molecule has 2 heterocycles. The largest absolute Gasteiger partial charge is 0.351 e. The molecule has 1 saturated heterocycles. The molecule has 19 heavy (non-hydrogen) atoms. The summed E-state index contributed by atoms with van der Waals surface area (Å²) in [6.07, 6.45) is 1.03. The molecule has 2 N–H and O–H groups in total. The van der Waals surface area contributed by atoms with Crippen LogP contribution in [0, 0.1) is 6.92 Å². The summed E-state index contributed by atoms with van der Waals surface area (Å²) in [5, 5.41) is 4.33. The van der Waals surface area contributed by atoms with Gasteiger partial charge in [0.15, 0.2) is 0 Å². The summed E-state index contributed by atoms with van der Waals surface area (Å²) in [5.41, 5.74) is 2.93. The molecular formula is C15H19N3O. The van der Waals surface area contributed by atoms with Crippen molar-refractivity contribution in [1.82, 2.24) is 15.2 Å². The molecule has 1 aliphatic rings. The van der Waals surface area contributed by atoms with Gasteiger partial charge in [-0.3, -0.25) is 4.79 Å². The molecule has 1 aromatic heterocycles. The molecule has 1 aliphatic heterocycles. The van der Waals surface area contributed by atoms with E-state index < -0.39 is 0 Å². The Labute approximate surface area is 112 Å². The number of carbonyl (C=O) groups excluding carboxylic acids is 1. The SMILES string of the molecule is CN[C@@H]1CCN(C(=O)c2cc3cc(C)ccc3[nH]2)C1. The third kappa shape index (κ3) is 2.24. The lowest BCUT2D eigenvalue weighted by Gasteiger charge is -2.15. The number of nitrogens with zero attached hydrogens (tertiary/aromatic N) is 1. The lowest BCUT2D eigenvalue weighted by Crippen LogP contribution is -2.33. The molecule has 4 nitrogen and oxygen atoms in total. The van der Waals surface area contributed by atoms with Crippen LogP contribution in [0.2, 0.25) is 0 Å². The van der Waals surface area contributed by atoms with Crippen molar-refractivity contribution < 1.29 is 4.79 Å². The summed E-state index contributed by atoms with van der Waals surface area (Å²) in [7, 11) is 1.95. The topological polar surface area (TPSA) is 48.1 Å². The monoisotopic (exact) mass is 257 g/mol.